The zero-order valence-electron chi connectivity index (χ0n) is 9.66. The summed E-state index contributed by atoms with van der Waals surface area (Å²) in [5, 5.41) is 9.31. The van der Waals surface area contributed by atoms with Crippen LogP contribution in [0.4, 0.5) is 8.78 Å². The molecule has 17 heavy (non-hydrogen) atoms. The van der Waals surface area contributed by atoms with Gasteiger partial charge in [0.25, 0.3) is 0 Å². The van der Waals surface area contributed by atoms with E-state index in [-0.39, 0.29) is 6.04 Å². The van der Waals surface area contributed by atoms with Gasteiger partial charge in [-0.2, -0.15) is 0 Å². The van der Waals surface area contributed by atoms with Crippen LogP contribution >= 0.6 is 0 Å². The molecule has 0 spiro atoms. The first kappa shape index (κ1) is 12.3. The Balaban J connectivity index is 2.31. The fourth-order valence-corrected chi connectivity index (χ4v) is 2.45. The number of likely N-dealkylation sites (tertiary alicyclic amines) is 1. The van der Waals surface area contributed by atoms with Gasteiger partial charge in [-0.15, -0.1) is 0 Å². The maximum Gasteiger partial charge on any atom is 0.167 e. The third kappa shape index (κ3) is 2.25. The average molecular weight is 242 g/mol. The number of rotatable bonds is 2. The molecule has 2 rings (SSSR count). The van der Waals surface area contributed by atoms with Crippen molar-refractivity contribution < 1.29 is 13.9 Å². The standard InChI is InChI=1S/C12H16F2N2O/c1-16-6-7(5-15)2-11(16)8-3-12(17)10(14)4-9(8)13/h3-4,7,11,17H,2,5-6,15H2,1H3. The molecular weight excluding hydrogens is 226 g/mol. The summed E-state index contributed by atoms with van der Waals surface area (Å²) in [4.78, 5) is 1.98. The molecule has 0 saturated carbocycles. The van der Waals surface area contributed by atoms with Gasteiger partial charge in [-0.3, -0.25) is 4.90 Å². The Labute approximate surface area is 98.8 Å². The smallest absolute Gasteiger partial charge is 0.167 e. The van der Waals surface area contributed by atoms with Gasteiger partial charge >= 0.3 is 0 Å². The molecule has 1 aliphatic heterocycles. The molecule has 3 nitrogen and oxygen atoms in total. The van der Waals surface area contributed by atoms with Crippen LogP contribution in [-0.2, 0) is 0 Å². The molecule has 5 heteroatoms. The van der Waals surface area contributed by atoms with Gasteiger partial charge in [0, 0.05) is 24.2 Å². The van der Waals surface area contributed by atoms with E-state index in [9.17, 15) is 13.9 Å². The number of phenols is 1. The summed E-state index contributed by atoms with van der Waals surface area (Å²) >= 11 is 0. The molecule has 1 aliphatic rings. The molecular formula is C12H16F2N2O. The number of nitrogens with zero attached hydrogens (tertiary/aromatic N) is 1. The number of benzene rings is 1. The van der Waals surface area contributed by atoms with Crippen molar-refractivity contribution in [3.05, 3.63) is 29.3 Å². The maximum atomic E-state index is 13.7. The number of nitrogens with two attached hydrogens (primary N) is 1. The SMILES string of the molecule is CN1CC(CN)CC1c1cc(O)c(F)cc1F. The van der Waals surface area contributed by atoms with Gasteiger partial charge < -0.3 is 10.8 Å². The van der Waals surface area contributed by atoms with Crippen LogP contribution < -0.4 is 5.73 Å². The largest absolute Gasteiger partial charge is 0.505 e. The zero-order chi connectivity index (χ0) is 12.6. The number of halogens is 2. The van der Waals surface area contributed by atoms with E-state index in [2.05, 4.69) is 0 Å². The van der Waals surface area contributed by atoms with Crippen molar-refractivity contribution in [3.63, 3.8) is 0 Å². The lowest BCUT2D eigenvalue weighted by Gasteiger charge is -2.20. The van der Waals surface area contributed by atoms with Crippen molar-refractivity contribution in [3.8, 4) is 5.75 Å². The Bertz CT molecular complexity index is 425. The van der Waals surface area contributed by atoms with Gasteiger partial charge in [0.2, 0.25) is 0 Å². The van der Waals surface area contributed by atoms with Crippen molar-refractivity contribution in [2.24, 2.45) is 11.7 Å². The van der Waals surface area contributed by atoms with Gasteiger partial charge in [0.05, 0.1) is 0 Å². The molecule has 0 aromatic heterocycles. The van der Waals surface area contributed by atoms with E-state index in [1.807, 2.05) is 11.9 Å². The van der Waals surface area contributed by atoms with E-state index in [0.717, 1.165) is 19.0 Å². The Morgan fingerprint density at radius 1 is 1.41 bits per heavy atom. The third-order valence-electron chi connectivity index (χ3n) is 3.39. The molecule has 0 bridgehead atoms. The predicted octanol–water partition coefficient (Wildman–Crippen LogP) is 1.62. The highest BCUT2D eigenvalue weighted by Gasteiger charge is 2.32. The topological polar surface area (TPSA) is 49.5 Å². The molecule has 0 aliphatic carbocycles. The van der Waals surface area contributed by atoms with Crippen molar-refractivity contribution in [1.29, 1.82) is 0 Å². The molecule has 94 valence electrons. The molecule has 1 heterocycles. The number of phenolic OH excluding ortho intramolecular Hbond substituents is 1. The Hall–Kier alpha value is -1.20. The summed E-state index contributed by atoms with van der Waals surface area (Å²) in [6.45, 7) is 1.34. The number of hydrogen-bond acceptors (Lipinski definition) is 3. The second-order valence-electron chi connectivity index (χ2n) is 4.62. The van der Waals surface area contributed by atoms with Gasteiger partial charge in [-0.1, -0.05) is 0 Å². The summed E-state index contributed by atoms with van der Waals surface area (Å²) in [5.74, 6) is -1.74. The molecule has 2 unspecified atom stereocenters. The van der Waals surface area contributed by atoms with E-state index >= 15 is 0 Å². The minimum absolute atomic E-state index is 0.143. The summed E-state index contributed by atoms with van der Waals surface area (Å²) < 4.78 is 26.6. The summed E-state index contributed by atoms with van der Waals surface area (Å²) in [5.41, 5.74) is 5.93. The van der Waals surface area contributed by atoms with Crippen molar-refractivity contribution >= 4 is 0 Å². The minimum atomic E-state index is -0.928. The molecule has 2 atom stereocenters. The lowest BCUT2D eigenvalue weighted by Crippen LogP contribution is -2.21. The summed E-state index contributed by atoms with van der Waals surface area (Å²) in [6.07, 6.45) is 0.731. The summed E-state index contributed by atoms with van der Waals surface area (Å²) in [7, 11) is 1.88. The number of hydrogen-bond donors (Lipinski definition) is 2. The monoisotopic (exact) mass is 242 g/mol. The average Bonchev–Trinajstić information content (AvgIpc) is 2.65. The normalized spacial score (nSPS) is 25.4. The maximum absolute atomic E-state index is 13.7. The van der Waals surface area contributed by atoms with Gasteiger partial charge in [-0.25, -0.2) is 8.78 Å². The van der Waals surface area contributed by atoms with Crippen molar-refractivity contribution in [1.82, 2.24) is 4.90 Å². The van der Waals surface area contributed by atoms with Crippen LogP contribution in [0.5, 0.6) is 5.75 Å². The first-order valence-electron chi connectivity index (χ1n) is 5.61. The van der Waals surface area contributed by atoms with Crippen LogP contribution in [0.3, 0.4) is 0 Å². The lowest BCUT2D eigenvalue weighted by atomic mass is 9.99. The van der Waals surface area contributed by atoms with Gasteiger partial charge in [0.1, 0.15) is 5.82 Å². The lowest BCUT2D eigenvalue weighted by molar-refractivity contribution is 0.304. The van der Waals surface area contributed by atoms with Gasteiger partial charge in [0.15, 0.2) is 11.6 Å². The Morgan fingerprint density at radius 2 is 2.12 bits per heavy atom. The highest BCUT2D eigenvalue weighted by molar-refractivity contribution is 5.33. The minimum Gasteiger partial charge on any atom is -0.505 e. The second kappa shape index (κ2) is 4.58. The third-order valence-corrected chi connectivity index (χ3v) is 3.39. The van der Waals surface area contributed by atoms with E-state index in [4.69, 9.17) is 5.73 Å². The molecule has 0 radical (unpaired) electrons. The highest BCUT2D eigenvalue weighted by Crippen LogP contribution is 2.36. The first-order valence-corrected chi connectivity index (χ1v) is 5.61. The Kier molecular flexibility index (Phi) is 3.31. The van der Waals surface area contributed by atoms with Crippen LogP contribution in [0.2, 0.25) is 0 Å². The molecule has 1 saturated heterocycles. The second-order valence-corrected chi connectivity index (χ2v) is 4.62. The van der Waals surface area contributed by atoms with E-state index in [1.54, 1.807) is 0 Å². The van der Waals surface area contributed by atoms with Crippen LogP contribution in [0.1, 0.15) is 18.0 Å². The fraction of sp³-hybridized carbons (Fsp3) is 0.500. The van der Waals surface area contributed by atoms with Gasteiger partial charge in [-0.05, 0) is 32.0 Å². The highest BCUT2D eigenvalue weighted by atomic mass is 19.1. The fourth-order valence-electron chi connectivity index (χ4n) is 2.45. The van der Waals surface area contributed by atoms with E-state index < -0.39 is 17.4 Å². The number of aromatic hydroxyl groups is 1. The van der Waals surface area contributed by atoms with Crippen LogP contribution in [0, 0.1) is 17.6 Å². The molecule has 1 aromatic rings. The molecule has 0 amide bonds. The van der Waals surface area contributed by atoms with Crippen LogP contribution in [0.15, 0.2) is 12.1 Å². The van der Waals surface area contributed by atoms with Crippen molar-refractivity contribution in [2.75, 3.05) is 20.1 Å². The first-order chi connectivity index (χ1) is 8.02. The van der Waals surface area contributed by atoms with E-state index in [1.165, 1.54) is 6.07 Å². The van der Waals surface area contributed by atoms with Crippen molar-refractivity contribution in [2.45, 2.75) is 12.5 Å². The molecule has 3 N–H and O–H groups in total. The summed E-state index contributed by atoms with van der Waals surface area (Å²) in [6, 6.07) is 1.76. The zero-order valence-corrected chi connectivity index (χ0v) is 9.66. The van der Waals surface area contributed by atoms with E-state index in [0.29, 0.717) is 18.0 Å². The molecule has 1 fully saturated rings. The van der Waals surface area contributed by atoms with Crippen LogP contribution in [-0.4, -0.2) is 30.1 Å². The predicted molar refractivity (Wildman–Crippen MR) is 60.6 cm³/mol. The Morgan fingerprint density at radius 3 is 2.71 bits per heavy atom. The quantitative estimate of drug-likeness (QED) is 0.828. The molecule has 1 aromatic carbocycles. The van der Waals surface area contributed by atoms with Crippen LogP contribution in [0.25, 0.3) is 0 Å².